The van der Waals surface area contributed by atoms with Crippen LogP contribution in [0.15, 0.2) is 53.7 Å². The Bertz CT molecular complexity index is 1080. The van der Waals surface area contributed by atoms with Crippen molar-refractivity contribution in [2.75, 3.05) is 0 Å². The summed E-state index contributed by atoms with van der Waals surface area (Å²) < 4.78 is 2.24. The van der Waals surface area contributed by atoms with Gasteiger partial charge in [-0.3, -0.25) is 4.79 Å². The van der Waals surface area contributed by atoms with Gasteiger partial charge in [-0.15, -0.1) is 0 Å². The van der Waals surface area contributed by atoms with Crippen LogP contribution in [-0.4, -0.2) is 26.6 Å². The van der Waals surface area contributed by atoms with E-state index in [0.717, 1.165) is 29.5 Å². The van der Waals surface area contributed by atoms with Gasteiger partial charge >= 0.3 is 5.97 Å². The molecule has 1 atom stereocenters. The predicted octanol–water partition coefficient (Wildman–Crippen LogP) is 4.96. The molecule has 4 rings (SSSR count). The molecule has 1 heterocycles. The fourth-order valence-electron chi connectivity index (χ4n) is 4.69. The summed E-state index contributed by atoms with van der Waals surface area (Å²) >= 11 is 0. The average Bonchev–Trinajstić information content (AvgIpc) is 3.06. The number of carboxylic acids is 1. The van der Waals surface area contributed by atoms with Crippen LogP contribution in [0.25, 0.3) is 10.9 Å². The Morgan fingerprint density at radius 3 is 2.63 bits per heavy atom. The molecule has 3 aromatic rings. The molecule has 1 aliphatic rings. The largest absolute Gasteiger partial charge is 0.481 e. The van der Waals surface area contributed by atoms with Crippen LogP contribution >= 0.6 is 0 Å². The van der Waals surface area contributed by atoms with Crippen molar-refractivity contribution in [1.82, 2.24) is 4.57 Å². The number of hydrogen-bond donors (Lipinski definition) is 2. The highest BCUT2D eigenvalue weighted by Gasteiger charge is 2.23. The van der Waals surface area contributed by atoms with E-state index in [1.807, 2.05) is 42.5 Å². The Balaban J connectivity index is 1.57. The van der Waals surface area contributed by atoms with Crippen LogP contribution in [-0.2, 0) is 31.1 Å². The van der Waals surface area contributed by atoms with Gasteiger partial charge in [0.1, 0.15) is 0 Å². The van der Waals surface area contributed by atoms with Crippen LogP contribution in [0.1, 0.15) is 48.1 Å². The third-order valence-corrected chi connectivity index (χ3v) is 6.40. The Morgan fingerprint density at radius 2 is 1.90 bits per heavy atom. The molecular formula is C25H28N2O3. The van der Waals surface area contributed by atoms with Crippen LogP contribution < -0.4 is 0 Å². The van der Waals surface area contributed by atoms with E-state index in [0.29, 0.717) is 18.6 Å². The minimum Gasteiger partial charge on any atom is -0.481 e. The second-order valence-corrected chi connectivity index (χ2v) is 8.23. The number of oxime groups is 1. The van der Waals surface area contributed by atoms with E-state index in [4.69, 9.17) is 0 Å². The summed E-state index contributed by atoms with van der Waals surface area (Å²) in [5.74, 6) is -1.46. The molecular weight excluding hydrogens is 376 g/mol. The number of benzene rings is 2. The first-order valence-electron chi connectivity index (χ1n) is 10.7. The first-order valence-corrected chi connectivity index (χ1v) is 10.7. The van der Waals surface area contributed by atoms with Crippen molar-refractivity contribution >= 4 is 22.6 Å². The molecule has 5 heteroatoms. The molecule has 0 aliphatic heterocycles. The van der Waals surface area contributed by atoms with E-state index >= 15 is 0 Å². The van der Waals surface area contributed by atoms with E-state index < -0.39 is 11.9 Å². The number of rotatable bonds is 7. The molecule has 0 fully saturated rings. The van der Waals surface area contributed by atoms with Gasteiger partial charge in [0.15, 0.2) is 0 Å². The molecule has 2 N–H and O–H groups in total. The number of carboxylic acid groups (broad SMARTS) is 1. The summed E-state index contributed by atoms with van der Waals surface area (Å²) in [6.45, 7) is 0. The topological polar surface area (TPSA) is 74.8 Å². The number of hydrogen-bond acceptors (Lipinski definition) is 3. The van der Waals surface area contributed by atoms with Gasteiger partial charge < -0.3 is 14.9 Å². The molecule has 0 saturated heterocycles. The summed E-state index contributed by atoms with van der Waals surface area (Å²) in [4.78, 5) is 11.9. The van der Waals surface area contributed by atoms with Crippen molar-refractivity contribution in [2.45, 2.75) is 44.9 Å². The van der Waals surface area contributed by atoms with Crippen LogP contribution in [0.4, 0.5) is 0 Å². The summed E-state index contributed by atoms with van der Waals surface area (Å²) in [7, 11) is 2.09. The summed E-state index contributed by atoms with van der Waals surface area (Å²) in [5, 5.41) is 24.2. The number of fused-ring (bicyclic) bond motifs is 3. The first kappa shape index (κ1) is 20.2. The van der Waals surface area contributed by atoms with E-state index in [9.17, 15) is 15.1 Å². The molecule has 1 aliphatic carbocycles. The van der Waals surface area contributed by atoms with E-state index in [1.165, 1.54) is 29.5 Å². The first-order chi connectivity index (χ1) is 14.6. The Labute approximate surface area is 176 Å². The summed E-state index contributed by atoms with van der Waals surface area (Å²) in [6, 6.07) is 16.0. The molecule has 0 spiro atoms. The van der Waals surface area contributed by atoms with Gasteiger partial charge in [0.25, 0.3) is 0 Å². The van der Waals surface area contributed by atoms with Crippen LogP contribution in [0.3, 0.4) is 0 Å². The maximum atomic E-state index is 11.9. The van der Waals surface area contributed by atoms with Gasteiger partial charge in [-0.1, -0.05) is 47.6 Å². The van der Waals surface area contributed by atoms with E-state index in [-0.39, 0.29) is 6.42 Å². The van der Waals surface area contributed by atoms with Gasteiger partial charge in [0, 0.05) is 35.6 Å². The van der Waals surface area contributed by atoms with Gasteiger partial charge in [-0.25, -0.2) is 0 Å². The van der Waals surface area contributed by atoms with Crippen molar-refractivity contribution in [3.8, 4) is 0 Å². The lowest BCUT2D eigenvalue weighted by Gasteiger charge is -2.14. The quantitative estimate of drug-likeness (QED) is 0.332. The standard InChI is InChI=1S/C25H28N2O3/c1-27-23-10-6-5-9-20(23)21-14-13-18(16-24(21)27)22(26-30)15-19(25(28)29)12-11-17-7-3-2-4-8-17/h2-4,7-8,13-14,16,19,30H,5-6,9-12,15H2,1H3,(H,28,29)/b26-22-. The highest BCUT2D eigenvalue weighted by Crippen LogP contribution is 2.32. The second kappa shape index (κ2) is 8.74. The normalized spacial score (nSPS) is 15.2. The Hall–Kier alpha value is -3.08. The molecule has 5 nitrogen and oxygen atoms in total. The van der Waals surface area contributed by atoms with Crippen LogP contribution in [0.2, 0.25) is 0 Å². The Kier molecular flexibility index (Phi) is 5.88. The van der Waals surface area contributed by atoms with Crippen molar-refractivity contribution in [1.29, 1.82) is 0 Å². The van der Waals surface area contributed by atoms with Crippen molar-refractivity contribution in [3.63, 3.8) is 0 Å². The van der Waals surface area contributed by atoms with Gasteiger partial charge in [0.05, 0.1) is 11.6 Å². The molecule has 1 unspecified atom stereocenters. The minimum absolute atomic E-state index is 0.203. The SMILES string of the molecule is Cn1c2c(c3ccc(/C(CC(CCc4ccccc4)C(=O)O)=N\O)cc31)CCCC2. The maximum Gasteiger partial charge on any atom is 0.306 e. The predicted molar refractivity (Wildman–Crippen MR) is 118 cm³/mol. The number of aromatic nitrogens is 1. The summed E-state index contributed by atoms with van der Waals surface area (Å²) in [5.41, 5.74) is 6.27. The third-order valence-electron chi connectivity index (χ3n) is 6.40. The molecule has 0 bridgehead atoms. The molecule has 156 valence electrons. The number of nitrogens with zero attached hydrogens (tertiary/aromatic N) is 2. The zero-order valence-corrected chi connectivity index (χ0v) is 17.3. The van der Waals surface area contributed by atoms with E-state index in [1.54, 1.807) is 0 Å². The number of aryl methyl sites for hydroxylation is 3. The lowest BCUT2D eigenvalue weighted by molar-refractivity contribution is -0.141. The fourth-order valence-corrected chi connectivity index (χ4v) is 4.69. The summed E-state index contributed by atoms with van der Waals surface area (Å²) in [6.07, 6.45) is 6.02. The second-order valence-electron chi connectivity index (χ2n) is 8.23. The molecule has 2 aromatic carbocycles. The highest BCUT2D eigenvalue weighted by molar-refractivity contribution is 6.04. The van der Waals surface area contributed by atoms with Gasteiger partial charge in [-0.2, -0.15) is 0 Å². The van der Waals surface area contributed by atoms with Gasteiger partial charge in [0.2, 0.25) is 0 Å². The monoisotopic (exact) mass is 404 g/mol. The molecule has 0 amide bonds. The zero-order chi connectivity index (χ0) is 21.1. The lowest BCUT2D eigenvalue weighted by Crippen LogP contribution is -2.19. The smallest absolute Gasteiger partial charge is 0.306 e. The fraction of sp³-hybridized carbons (Fsp3) is 0.360. The molecule has 1 aromatic heterocycles. The van der Waals surface area contributed by atoms with Crippen LogP contribution in [0, 0.1) is 5.92 Å². The molecule has 30 heavy (non-hydrogen) atoms. The van der Waals surface area contributed by atoms with Gasteiger partial charge in [-0.05, 0) is 55.7 Å². The third kappa shape index (κ3) is 3.97. The van der Waals surface area contributed by atoms with E-state index in [2.05, 4.69) is 22.8 Å². The van der Waals surface area contributed by atoms with Crippen molar-refractivity contribution < 1.29 is 15.1 Å². The lowest BCUT2D eigenvalue weighted by atomic mass is 9.91. The molecule has 0 radical (unpaired) electrons. The maximum absolute atomic E-state index is 11.9. The Morgan fingerprint density at radius 1 is 1.13 bits per heavy atom. The zero-order valence-electron chi connectivity index (χ0n) is 17.3. The molecule has 0 saturated carbocycles. The van der Waals surface area contributed by atoms with Crippen molar-refractivity contribution in [2.24, 2.45) is 18.1 Å². The van der Waals surface area contributed by atoms with Crippen LogP contribution in [0.5, 0.6) is 0 Å². The minimum atomic E-state index is -0.859. The average molecular weight is 405 g/mol. The number of carbonyl (C=O) groups is 1. The number of aliphatic carboxylic acids is 1. The highest BCUT2D eigenvalue weighted by atomic mass is 16.4. The van der Waals surface area contributed by atoms with Crippen molar-refractivity contribution in [3.05, 3.63) is 70.9 Å².